The molecule has 2 rings (SSSR count). The van der Waals surface area contributed by atoms with Gasteiger partial charge in [-0.2, -0.15) is 0 Å². The molecule has 0 aliphatic heterocycles. The van der Waals surface area contributed by atoms with Crippen LogP contribution < -0.4 is 14.4 Å². The number of hydrogen-bond acceptors (Lipinski definition) is 4. The zero-order valence-electron chi connectivity index (χ0n) is 18.2. The van der Waals surface area contributed by atoms with E-state index in [2.05, 4.69) is 19.2 Å². The van der Waals surface area contributed by atoms with Gasteiger partial charge in [0.25, 0.3) is 0 Å². The third-order valence-corrected chi connectivity index (χ3v) is 6.56. The highest BCUT2D eigenvalue weighted by molar-refractivity contribution is 7.92. The number of amides is 1. The molecule has 9 heteroatoms. The lowest BCUT2D eigenvalue weighted by molar-refractivity contribution is -0.122. The first-order chi connectivity index (χ1) is 14.4. The van der Waals surface area contributed by atoms with Crippen LogP contribution in [0.15, 0.2) is 42.5 Å². The molecule has 0 aromatic heterocycles. The third-order valence-electron chi connectivity index (χ3n) is 4.78. The van der Waals surface area contributed by atoms with Crippen molar-refractivity contribution in [1.82, 2.24) is 5.32 Å². The molecule has 0 saturated carbocycles. The zero-order valence-corrected chi connectivity index (χ0v) is 20.6. The van der Waals surface area contributed by atoms with Gasteiger partial charge >= 0.3 is 0 Å². The van der Waals surface area contributed by atoms with E-state index in [1.165, 1.54) is 19.1 Å². The Bertz CT molecular complexity index is 1010. The molecule has 0 radical (unpaired) electrons. The average molecular weight is 487 g/mol. The maximum Gasteiger partial charge on any atom is 0.244 e. The van der Waals surface area contributed by atoms with Crippen molar-refractivity contribution in [3.8, 4) is 5.75 Å². The minimum atomic E-state index is -3.82. The Labute approximate surface area is 194 Å². The Morgan fingerprint density at radius 3 is 2.23 bits per heavy atom. The lowest BCUT2D eigenvalue weighted by Gasteiger charge is -2.31. The van der Waals surface area contributed by atoms with E-state index >= 15 is 0 Å². The molecule has 2 unspecified atom stereocenters. The number of halogens is 2. The van der Waals surface area contributed by atoms with Gasteiger partial charge in [-0.05, 0) is 55.2 Å². The maximum absolute atomic E-state index is 13.2. The smallest absolute Gasteiger partial charge is 0.244 e. The van der Waals surface area contributed by atoms with Crippen LogP contribution in [0.25, 0.3) is 0 Å². The predicted octanol–water partition coefficient (Wildman–Crippen LogP) is 5.06. The number of benzene rings is 2. The molecule has 1 amide bonds. The molecule has 6 nitrogen and oxygen atoms in total. The molecule has 2 aromatic rings. The standard InChI is InChI=1S/C22H28Cl2N2O4S/c1-14(2)12-20(16-6-9-18(30-4)10-7-16)25-22(27)15(3)26(31(5,28)29)21-13-17(23)8-11-19(21)24/h6-11,13-15,20H,12H2,1-5H3,(H,25,27). The first-order valence-corrected chi connectivity index (χ1v) is 12.4. The summed E-state index contributed by atoms with van der Waals surface area (Å²) in [5, 5.41) is 3.50. The molecule has 0 aliphatic carbocycles. The van der Waals surface area contributed by atoms with Gasteiger partial charge < -0.3 is 10.1 Å². The number of ether oxygens (including phenoxy) is 1. The largest absolute Gasteiger partial charge is 0.497 e. The van der Waals surface area contributed by atoms with Crippen LogP contribution in [0.5, 0.6) is 5.75 Å². The zero-order chi connectivity index (χ0) is 23.3. The first kappa shape index (κ1) is 25.3. The van der Waals surface area contributed by atoms with Crippen LogP contribution in [-0.4, -0.2) is 33.7 Å². The number of nitrogens with one attached hydrogen (secondary N) is 1. The van der Waals surface area contributed by atoms with E-state index in [4.69, 9.17) is 27.9 Å². The van der Waals surface area contributed by atoms with Gasteiger partial charge in [0.1, 0.15) is 11.8 Å². The van der Waals surface area contributed by atoms with Crippen LogP contribution in [0.4, 0.5) is 5.69 Å². The molecule has 2 aromatic carbocycles. The second-order valence-corrected chi connectivity index (χ2v) is 10.5. The van der Waals surface area contributed by atoms with Gasteiger partial charge in [0.15, 0.2) is 0 Å². The minimum Gasteiger partial charge on any atom is -0.497 e. The highest BCUT2D eigenvalue weighted by Crippen LogP contribution is 2.32. The fraction of sp³-hybridized carbons (Fsp3) is 0.409. The summed E-state index contributed by atoms with van der Waals surface area (Å²) in [6.45, 7) is 5.63. The van der Waals surface area contributed by atoms with Crippen LogP contribution in [-0.2, 0) is 14.8 Å². The summed E-state index contributed by atoms with van der Waals surface area (Å²) in [6, 6.07) is 10.6. The van der Waals surface area contributed by atoms with Gasteiger partial charge in [-0.1, -0.05) is 49.2 Å². The normalized spacial score (nSPS) is 13.5. The van der Waals surface area contributed by atoms with Crippen molar-refractivity contribution < 1.29 is 17.9 Å². The van der Waals surface area contributed by atoms with E-state index in [0.717, 1.165) is 16.1 Å². The van der Waals surface area contributed by atoms with Crippen molar-refractivity contribution in [2.45, 2.75) is 39.3 Å². The van der Waals surface area contributed by atoms with Crippen LogP contribution in [0.3, 0.4) is 0 Å². The summed E-state index contributed by atoms with van der Waals surface area (Å²) in [7, 11) is -2.23. The summed E-state index contributed by atoms with van der Waals surface area (Å²) >= 11 is 12.3. The summed E-state index contributed by atoms with van der Waals surface area (Å²) < 4.78 is 31.4. The Hall–Kier alpha value is -1.96. The van der Waals surface area contributed by atoms with Crippen molar-refractivity contribution in [2.24, 2.45) is 5.92 Å². The molecule has 0 heterocycles. The lowest BCUT2D eigenvalue weighted by atomic mass is 9.96. The number of rotatable bonds is 9. The molecule has 31 heavy (non-hydrogen) atoms. The van der Waals surface area contributed by atoms with Crippen molar-refractivity contribution in [2.75, 3.05) is 17.7 Å². The van der Waals surface area contributed by atoms with Crippen LogP contribution in [0, 0.1) is 5.92 Å². The summed E-state index contributed by atoms with van der Waals surface area (Å²) in [4.78, 5) is 13.2. The topological polar surface area (TPSA) is 75.7 Å². The summed E-state index contributed by atoms with van der Waals surface area (Å²) in [6.07, 6.45) is 1.71. The number of anilines is 1. The van der Waals surface area contributed by atoms with E-state index in [9.17, 15) is 13.2 Å². The Morgan fingerprint density at radius 1 is 1.10 bits per heavy atom. The Morgan fingerprint density at radius 2 is 1.71 bits per heavy atom. The van der Waals surface area contributed by atoms with Crippen LogP contribution >= 0.6 is 23.2 Å². The lowest BCUT2D eigenvalue weighted by Crippen LogP contribution is -2.49. The van der Waals surface area contributed by atoms with Gasteiger partial charge in [0.05, 0.1) is 30.1 Å². The highest BCUT2D eigenvalue weighted by atomic mass is 35.5. The van der Waals surface area contributed by atoms with Crippen molar-refractivity contribution in [3.05, 3.63) is 58.1 Å². The molecule has 0 fully saturated rings. The quantitative estimate of drug-likeness (QED) is 0.537. The highest BCUT2D eigenvalue weighted by Gasteiger charge is 2.32. The van der Waals surface area contributed by atoms with E-state index in [1.807, 2.05) is 24.3 Å². The minimum absolute atomic E-state index is 0.157. The molecule has 0 saturated heterocycles. The molecule has 1 N–H and O–H groups in total. The number of sulfonamides is 1. The molecular formula is C22H28Cl2N2O4S. The van der Waals surface area contributed by atoms with E-state index < -0.39 is 22.0 Å². The Balaban J connectivity index is 2.36. The van der Waals surface area contributed by atoms with Crippen molar-refractivity contribution >= 4 is 44.8 Å². The second kappa shape index (κ2) is 10.6. The molecule has 2 atom stereocenters. The van der Waals surface area contributed by atoms with Crippen molar-refractivity contribution in [3.63, 3.8) is 0 Å². The van der Waals surface area contributed by atoms with Crippen LogP contribution in [0.1, 0.15) is 38.8 Å². The fourth-order valence-electron chi connectivity index (χ4n) is 3.31. The number of hydrogen-bond donors (Lipinski definition) is 1. The van der Waals surface area contributed by atoms with E-state index in [0.29, 0.717) is 23.1 Å². The predicted molar refractivity (Wildman–Crippen MR) is 127 cm³/mol. The average Bonchev–Trinajstić information content (AvgIpc) is 2.68. The van der Waals surface area contributed by atoms with Gasteiger partial charge in [-0.3, -0.25) is 9.10 Å². The maximum atomic E-state index is 13.2. The number of carbonyl (C=O) groups excluding carboxylic acids is 1. The van der Waals surface area contributed by atoms with Gasteiger partial charge in [-0.15, -0.1) is 0 Å². The number of nitrogens with zero attached hydrogens (tertiary/aromatic N) is 1. The van der Waals surface area contributed by atoms with Gasteiger partial charge in [0, 0.05) is 5.02 Å². The van der Waals surface area contributed by atoms with E-state index in [-0.39, 0.29) is 16.8 Å². The van der Waals surface area contributed by atoms with Gasteiger partial charge in [-0.25, -0.2) is 8.42 Å². The second-order valence-electron chi connectivity index (χ2n) is 7.79. The monoisotopic (exact) mass is 486 g/mol. The fourth-order valence-corrected chi connectivity index (χ4v) is 4.92. The molecule has 0 aliphatic rings. The van der Waals surface area contributed by atoms with Crippen LogP contribution in [0.2, 0.25) is 10.0 Å². The molecule has 170 valence electrons. The van der Waals surface area contributed by atoms with Crippen molar-refractivity contribution in [1.29, 1.82) is 0 Å². The first-order valence-electron chi connectivity index (χ1n) is 9.82. The Kier molecular flexibility index (Phi) is 8.63. The summed E-state index contributed by atoms with van der Waals surface area (Å²) in [5.74, 6) is 0.574. The van der Waals surface area contributed by atoms with E-state index in [1.54, 1.807) is 13.2 Å². The number of carbonyl (C=O) groups is 1. The SMILES string of the molecule is COc1ccc(C(CC(C)C)NC(=O)C(C)N(c2cc(Cl)ccc2Cl)S(C)(=O)=O)cc1. The number of methoxy groups -OCH3 is 1. The summed E-state index contributed by atoms with van der Waals surface area (Å²) in [5.41, 5.74) is 1.06. The van der Waals surface area contributed by atoms with Gasteiger partial charge in [0.2, 0.25) is 15.9 Å². The third kappa shape index (κ3) is 6.76. The molecule has 0 bridgehead atoms. The molecular weight excluding hydrogens is 459 g/mol. The molecule has 0 spiro atoms.